The van der Waals surface area contributed by atoms with E-state index in [1.165, 1.54) is 0 Å². The zero-order valence-corrected chi connectivity index (χ0v) is 16.5. The summed E-state index contributed by atoms with van der Waals surface area (Å²) in [7, 11) is 0. The van der Waals surface area contributed by atoms with E-state index in [9.17, 15) is 9.59 Å². The molecule has 0 bridgehead atoms. The Hall–Kier alpha value is -1.93. The fourth-order valence-corrected chi connectivity index (χ4v) is 2.75. The Kier molecular flexibility index (Phi) is 7.39. The van der Waals surface area contributed by atoms with E-state index in [0.29, 0.717) is 10.7 Å². The molecule has 0 atom stereocenters. The Morgan fingerprint density at radius 2 is 1.88 bits per heavy atom. The van der Waals surface area contributed by atoms with Crippen molar-refractivity contribution in [2.75, 3.05) is 5.32 Å². The molecule has 0 heterocycles. The normalized spacial score (nSPS) is 10.7. The molecule has 0 aliphatic rings. The van der Waals surface area contributed by atoms with E-state index in [0.717, 1.165) is 14.7 Å². The first kappa shape index (κ1) is 19.4. The predicted octanol–water partition coefficient (Wildman–Crippen LogP) is 4.12. The quantitative estimate of drug-likeness (QED) is 0.379. The molecule has 0 fully saturated rings. The highest BCUT2D eigenvalue weighted by atomic mass is 127. The average Bonchev–Trinajstić information content (AvgIpc) is 2.57. The molecule has 2 amide bonds. The summed E-state index contributed by atoms with van der Waals surface area (Å²) in [6.07, 6.45) is 1.68. The van der Waals surface area contributed by atoms with Gasteiger partial charge in [0.15, 0.2) is 0 Å². The molecule has 0 spiro atoms. The lowest BCUT2D eigenvalue weighted by atomic mass is 10.2. The Bertz CT molecular complexity index is 809. The van der Waals surface area contributed by atoms with Crippen LogP contribution in [0.2, 0.25) is 5.02 Å². The van der Waals surface area contributed by atoms with Crippen LogP contribution >= 0.6 is 34.2 Å². The Labute approximate surface area is 165 Å². The van der Waals surface area contributed by atoms with E-state index in [2.05, 4.69) is 38.4 Å². The lowest BCUT2D eigenvalue weighted by Crippen LogP contribution is -2.20. The first-order valence-corrected chi connectivity index (χ1v) is 9.04. The third-order valence-electron chi connectivity index (χ3n) is 3.37. The molecule has 0 unspecified atom stereocenters. The van der Waals surface area contributed by atoms with E-state index in [1.54, 1.807) is 24.4 Å². The van der Waals surface area contributed by atoms with Gasteiger partial charge in [0.2, 0.25) is 11.8 Å². The topological polar surface area (TPSA) is 70.6 Å². The minimum absolute atomic E-state index is 0.0507. The van der Waals surface area contributed by atoms with Gasteiger partial charge in [0.05, 0.1) is 6.21 Å². The van der Waals surface area contributed by atoms with Crippen LogP contribution in [0.15, 0.2) is 47.6 Å². The van der Waals surface area contributed by atoms with Crippen LogP contribution in [0.3, 0.4) is 0 Å². The fourth-order valence-electron chi connectivity index (χ4n) is 2.00. The van der Waals surface area contributed by atoms with Crippen LogP contribution in [0.4, 0.5) is 5.69 Å². The second kappa shape index (κ2) is 9.53. The molecule has 5 nitrogen and oxygen atoms in total. The Morgan fingerprint density at radius 1 is 1.16 bits per heavy atom. The van der Waals surface area contributed by atoms with Gasteiger partial charge in [-0.3, -0.25) is 9.59 Å². The van der Waals surface area contributed by atoms with Crippen molar-refractivity contribution in [3.05, 3.63) is 62.2 Å². The maximum absolute atomic E-state index is 11.9. The molecule has 2 rings (SSSR count). The molecule has 7 heteroatoms. The van der Waals surface area contributed by atoms with Gasteiger partial charge in [-0.2, -0.15) is 5.10 Å². The van der Waals surface area contributed by atoms with E-state index >= 15 is 0 Å². The van der Waals surface area contributed by atoms with Crippen molar-refractivity contribution in [1.82, 2.24) is 5.43 Å². The lowest BCUT2D eigenvalue weighted by molar-refractivity contribution is -0.124. The van der Waals surface area contributed by atoms with Gasteiger partial charge in [-0.25, -0.2) is 5.43 Å². The molecule has 25 heavy (non-hydrogen) atoms. The fraction of sp³-hybridized carbons (Fsp3) is 0.167. The molecule has 2 N–H and O–H groups in total. The number of benzene rings is 2. The van der Waals surface area contributed by atoms with E-state index < -0.39 is 0 Å². The molecule has 0 aliphatic heterocycles. The van der Waals surface area contributed by atoms with E-state index in [-0.39, 0.29) is 24.7 Å². The number of nitrogens with zero attached hydrogens (tertiary/aromatic N) is 1. The lowest BCUT2D eigenvalue weighted by Gasteiger charge is -2.09. The highest BCUT2D eigenvalue weighted by molar-refractivity contribution is 14.1. The number of hydrazone groups is 1. The van der Waals surface area contributed by atoms with Gasteiger partial charge in [-0.1, -0.05) is 29.8 Å². The number of halogens is 2. The molecule has 2 aromatic carbocycles. The Balaban J connectivity index is 1.77. The summed E-state index contributed by atoms with van der Waals surface area (Å²) in [6, 6.07) is 13.0. The number of rotatable bonds is 6. The molecule has 2 aromatic rings. The van der Waals surface area contributed by atoms with Crippen molar-refractivity contribution in [2.45, 2.75) is 19.8 Å². The van der Waals surface area contributed by atoms with Crippen LogP contribution in [0.5, 0.6) is 0 Å². The molecule has 0 aromatic heterocycles. The minimum atomic E-state index is -0.320. The third-order valence-corrected chi connectivity index (χ3v) is 4.45. The van der Waals surface area contributed by atoms with Crippen molar-refractivity contribution in [3.63, 3.8) is 0 Å². The van der Waals surface area contributed by atoms with Crippen molar-refractivity contribution in [3.8, 4) is 0 Å². The average molecular weight is 470 g/mol. The summed E-state index contributed by atoms with van der Waals surface area (Å²) in [5.74, 6) is -0.568. The summed E-state index contributed by atoms with van der Waals surface area (Å²) in [5, 5.41) is 7.23. The summed E-state index contributed by atoms with van der Waals surface area (Å²) < 4.78 is 1.08. The molecule has 130 valence electrons. The van der Waals surface area contributed by atoms with Crippen LogP contribution in [-0.2, 0) is 9.59 Å². The second-order valence-corrected chi connectivity index (χ2v) is 6.96. The number of anilines is 1. The van der Waals surface area contributed by atoms with Gasteiger partial charge in [0.1, 0.15) is 0 Å². The summed E-state index contributed by atoms with van der Waals surface area (Å²) in [5.41, 5.74) is 4.75. The number of carbonyl (C=O) groups is 2. The van der Waals surface area contributed by atoms with E-state index in [1.807, 2.05) is 31.2 Å². The zero-order valence-electron chi connectivity index (χ0n) is 13.6. The van der Waals surface area contributed by atoms with Crippen LogP contribution in [0.25, 0.3) is 0 Å². The molecular weight excluding hydrogens is 453 g/mol. The molecule has 0 saturated heterocycles. The maximum atomic E-state index is 11.9. The largest absolute Gasteiger partial charge is 0.326 e. The number of carbonyl (C=O) groups excluding carboxylic acids is 2. The van der Waals surface area contributed by atoms with Crippen molar-refractivity contribution >= 4 is 57.9 Å². The molecule has 0 radical (unpaired) electrons. The predicted molar refractivity (Wildman–Crippen MR) is 109 cm³/mol. The van der Waals surface area contributed by atoms with Gasteiger partial charge < -0.3 is 5.32 Å². The van der Waals surface area contributed by atoms with Crippen molar-refractivity contribution < 1.29 is 9.59 Å². The highest BCUT2D eigenvalue weighted by Gasteiger charge is 2.09. The molecule has 0 saturated carbocycles. The summed E-state index contributed by atoms with van der Waals surface area (Å²) in [6.45, 7) is 1.82. The van der Waals surface area contributed by atoms with Gasteiger partial charge in [0.25, 0.3) is 0 Å². The summed E-state index contributed by atoms with van der Waals surface area (Å²) in [4.78, 5) is 23.7. The van der Waals surface area contributed by atoms with Crippen molar-refractivity contribution in [1.29, 1.82) is 0 Å². The smallest absolute Gasteiger partial charge is 0.240 e. The molecule has 0 aliphatic carbocycles. The number of hydrogen-bond donors (Lipinski definition) is 2. The first-order valence-electron chi connectivity index (χ1n) is 7.58. The highest BCUT2D eigenvalue weighted by Crippen LogP contribution is 2.23. The summed E-state index contributed by atoms with van der Waals surface area (Å²) >= 11 is 8.21. The first-order chi connectivity index (χ1) is 12.0. The van der Waals surface area contributed by atoms with Crippen LogP contribution < -0.4 is 10.7 Å². The van der Waals surface area contributed by atoms with Gasteiger partial charge >= 0.3 is 0 Å². The van der Waals surface area contributed by atoms with Gasteiger partial charge in [-0.05, 0) is 64.9 Å². The van der Waals surface area contributed by atoms with Gasteiger partial charge in [0, 0.05) is 27.1 Å². The third kappa shape index (κ3) is 6.47. The SMILES string of the molecule is Cc1c(Cl)cccc1NC(=O)CCC(=O)NN=Cc1cccc(I)c1. The number of hydrogen-bond acceptors (Lipinski definition) is 3. The van der Waals surface area contributed by atoms with Crippen LogP contribution in [0.1, 0.15) is 24.0 Å². The van der Waals surface area contributed by atoms with Crippen molar-refractivity contribution in [2.24, 2.45) is 5.10 Å². The van der Waals surface area contributed by atoms with Crippen LogP contribution in [-0.4, -0.2) is 18.0 Å². The van der Waals surface area contributed by atoms with E-state index in [4.69, 9.17) is 11.6 Å². The monoisotopic (exact) mass is 469 g/mol. The maximum Gasteiger partial charge on any atom is 0.240 e. The number of nitrogens with one attached hydrogen (secondary N) is 2. The standard InChI is InChI=1S/C18H17ClIN3O2/c1-12-15(19)6-3-7-16(12)22-17(24)8-9-18(25)23-21-11-13-4-2-5-14(20)10-13/h2-7,10-11H,8-9H2,1H3,(H,22,24)(H,23,25). The number of amides is 2. The minimum Gasteiger partial charge on any atom is -0.326 e. The second-order valence-electron chi connectivity index (χ2n) is 5.31. The van der Waals surface area contributed by atoms with Gasteiger partial charge in [-0.15, -0.1) is 0 Å². The Morgan fingerprint density at radius 3 is 2.64 bits per heavy atom. The zero-order chi connectivity index (χ0) is 18.2. The molecular formula is C18H17ClIN3O2. The van der Waals surface area contributed by atoms with Crippen LogP contribution in [0, 0.1) is 10.5 Å².